The number of rotatable bonds is 4. The van der Waals surface area contributed by atoms with E-state index in [9.17, 15) is 4.79 Å². The van der Waals surface area contributed by atoms with Gasteiger partial charge in [0, 0.05) is 18.6 Å². The van der Waals surface area contributed by atoms with E-state index in [0.29, 0.717) is 13.2 Å². The van der Waals surface area contributed by atoms with Gasteiger partial charge in [-0.15, -0.1) is 0 Å². The minimum absolute atomic E-state index is 0.0994. The minimum Gasteiger partial charge on any atom is -0.409 e. The number of oxime groups is 1. The summed E-state index contributed by atoms with van der Waals surface area (Å²) in [6.45, 7) is 4.55. The third kappa shape index (κ3) is 3.89. The van der Waals surface area contributed by atoms with Gasteiger partial charge in [-0.3, -0.25) is 4.79 Å². The van der Waals surface area contributed by atoms with Gasteiger partial charge in [0.05, 0.1) is 0 Å². The molecule has 98 valence electrons. The Morgan fingerprint density at radius 2 is 2.29 bits per heavy atom. The lowest BCUT2D eigenvalue weighted by atomic mass is 9.92. The van der Waals surface area contributed by atoms with Gasteiger partial charge in [0.15, 0.2) is 0 Å². The second-order valence-corrected chi connectivity index (χ2v) is 4.94. The van der Waals surface area contributed by atoms with Crippen molar-refractivity contribution in [3.63, 3.8) is 0 Å². The second kappa shape index (κ2) is 5.86. The standard InChI is InChI=1S/C11H21N3O3/c1-11(2,10(12)14-16)7-13-9(15)8-5-3-4-6-17-8/h8,16H,3-7H2,1-2H3,(H2,12,14)(H,13,15). The topological polar surface area (TPSA) is 96.9 Å². The Hall–Kier alpha value is -1.30. The summed E-state index contributed by atoms with van der Waals surface area (Å²) in [4.78, 5) is 11.8. The maximum absolute atomic E-state index is 11.8. The second-order valence-electron chi connectivity index (χ2n) is 4.94. The molecule has 1 atom stereocenters. The van der Waals surface area contributed by atoms with E-state index in [1.807, 2.05) is 0 Å². The molecule has 1 aliphatic rings. The van der Waals surface area contributed by atoms with E-state index in [4.69, 9.17) is 15.7 Å². The number of amides is 1. The van der Waals surface area contributed by atoms with Gasteiger partial charge in [-0.05, 0) is 19.3 Å². The van der Waals surface area contributed by atoms with Crippen molar-refractivity contribution in [3.8, 4) is 0 Å². The summed E-state index contributed by atoms with van der Waals surface area (Å²) in [5, 5.41) is 14.3. The summed E-state index contributed by atoms with van der Waals surface area (Å²) < 4.78 is 5.37. The van der Waals surface area contributed by atoms with Crippen LogP contribution in [-0.4, -0.2) is 36.2 Å². The van der Waals surface area contributed by atoms with Crippen LogP contribution in [0.4, 0.5) is 0 Å². The van der Waals surface area contributed by atoms with E-state index in [0.717, 1.165) is 19.3 Å². The van der Waals surface area contributed by atoms with Crippen LogP contribution < -0.4 is 11.1 Å². The number of ether oxygens (including phenoxy) is 1. The average molecular weight is 243 g/mol. The van der Waals surface area contributed by atoms with Crippen molar-refractivity contribution in [1.82, 2.24) is 5.32 Å². The van der Waals surface area contributed by atoms with E-state index in [1.165, 1.54) is 0 Å². The van der Waals surface area contributed by atoms with E-state index in [2.05, 4.69) is 10.5 Å². The predicted molar refractivity (Wildman–Crippen MR) is 63.8 cm³/mol. The molecular formula is C11H21N3O3. The maximum atomic E-state index is 11.8. The molecule has 17 heavy (non-hydrogen) atoms. The fourth-order valence-electron chi connectivity index (χ4n) is 1.60. The van der Waals surface area contributed by atoms with Gasteiger partial charge in [0.2, 0.25) is 5.91 Å². The minimum atomic E-state index is -0.570. The van der Waals surface area contributed by atoms with Gasteiger partial charge < -0.3 is 21.0 Å². The first-order valence-corrected chi connectivity index (χ1v) is 5.84. The summed E-state index contributed by atoms with van der Waals surface area (Å²) in [5.74, 6) is -0.0223. The first-order chi connectivity index (χ1) is 7.97. The number of carbonyl (C=O) groups is 1. The van der Waals surface area contributed by atoms with Crippen molar-refractivity contribution < 1.29 is 14.7 Å². The highest BCUT2D eigenvalue weighted by Gasteiger charge is 2.27. The first kappa shape index (κ1) is 13.8. The highest BCUT2D eigenvalue weighted by atomic mass is 16.5. The van der Waals surface area contributed by atoms with Crippen molar-refractivity contribution in [2.45, 2.75) is 39.2 Å². The number of nitrogens with one attached hydrogen (secondary N) is 1. The SMILES string of the molecule is CC(C)(CNC(=O)C1CCCCO1)C(N)=NO. The van der Waals surface area contributed by atoms with E-state index >= 15 is 0 Å². The zero-order valence-electron chi connectivity index (χ0n) is 10.4. The molecule has 1 rings (SSSR count). The third-order valence-electron chi connectivity index (χ3n) is 2.98. The molecule has 0 saturated carbocycles. The fourth-order valence-corrected chi connectivity index (χ4v) is 1.60. The molecule has 0 aliphatic carbocycles. The van der Waals surface area contributed by atoms with Crippen LogP contribution in [0.1, 0.15) is 33.1 Å². The summed E-state index contributed by atoms with van der Waals surface area (Å²) in [6.07, 6.45) is 2.43. The Morgan fingerprint density at radius 1 is 1.59 bits per heavy atom. The molecule has 6 heteroatoms. The zero-order chi connectivity index (χ0) is 12.9. The summed E-state index contributed by atoms with van der Waals surface area (Å²) in [6, 6.07) is 0. The number of nitrogens with two attached hydrogens (primary N) is 1. The number of hydrogen-bond donors (Lipinski definition) is 3. The summed E-state index contributed by atoms with van der Waals surface area (Å²) in [7, 11) is 0. The van der Waals surface area contributed by atoms with E-state index in [1.54, 1.807) is 13.8 Å². The third-order valence-corrected chi connectivity index (χ3v) is 2.98. The van der Waals surface area contributed by atoms with Crippen LogP contribution in [0.2, 0.25) is 0 Å². The molecule has 6 nitrogen and oxygen atoms in total. The lowest BCUT2D eigenvalue weighted by Gasteiger charge is -2.26. The number of hydrogen-bond acceptors (Lipinski definition) is 4. The molecule has 0 spiro atoms. The molecule has 1 saturated heterocycles. The Labute approximate surface area is 101 Å². The lowest BCUT2D eigenvalue weighted by molar-refractivity contribution is -0.135. The van der Waals surface area contributed by atoms with Crippen molar-refractivity contribution in [2.75, 3.05) is 13.2 Å². The van der Waals surface area contributed by atoms with Crippen molar-refractivity contribution in [1.29, 1.82) is 0 Å². The fraction of sp³-hybridized carbons (Fsp3) is 0.818. The molecule has 1 unspecified atom stereocenters. The van der Waals surface area contributed by atoms with Crippen LogP contribution in [0.5, 0.6) is 0 Å². The lowest BCUT2D eigenvalue weighted by Crippen LogP contribution is -2.46. The van der Waals surface area contributed by atoms with E-state index < -0.39 is 5.41 Å². The summed E-state index contributed by atoms with van der Waals surface area (Å²) in [5.41, 5.74) is 4.96. The van der Waals surface area contributed by atoms with Crippen LogP contribution in [0.25, 0.3) is 0 Å². The Kier molecular flexibility index (Phi) is 4.74. The Morgan fingerprint density at radius 3 is 2.82 bits per heavy atom. The van der Waals surface area contributed by atoms with Crippen LogP contribution >= 0.6 is 0 Å². The summed E-state index contributed by atoms with van der Waals surface area (Å²) >= 11 is 0. The van der Waals surface area contributed by atoms with Gasteiger partial charge in [0.1, 0.15) is 11.9 Å². The van der Waals surface area contributed by atoms with Gasteiger partial charge in [-0.2, -0.15) is 0 Å². The highest BCUT2D eigenvalue weighted by Crippen LogP contribution is 2.15. The van der Waals surface area contributed by atoms with Crippen LogP contribution in [0.15, 0.2) is 5.16 Å². The molecule has 1 amide bonds. The van der Waals surface area contributed by atoms with Crippen LogP contribution in [0, 0.1) is 5.41 Å². The molecule has 0 radical (unpaired) electrons. The molecule has 1 heterocycles. The Bertz CT molecular complexity index is 296. The maximum Gasteiger partial charge on any atom is 0.249 e. The molecular weight excluding hydrogens is 222 g/mol. The van der Waals surface area contributed by atoms with Crippen molar-refractivity contribution in [2.24, 2.45) is 16.3 Å². The van der Waals surface area contributed by atoms with Gasteiger partial charge in [-0.25, -0.2) is 0 Å². The molecule has 4 N–H and O–H groups in total. The normalized spacial score (nSPS) is 22.2. The van der Waals surface area contributed by atoms with Crippen LogP contribution in [-0.2, 0) is 9.53 Å². The number of nitrogens with zero attached hydrogens (tertiary/aromatic N) is 1. The first-order valence-electron chi connectivity index (χ1n) is 5.84. The number of amidine groups is 1. The molecule has 0 aromatic heterocycles. The number of carbonyl (C=O) groups excluding carboxylic acids is 1. The molecule has 0 bridgehead atoms. The molecule has 0 aromatic carbocycles. The average Bonchev–Trinajstić information content (AvgIpc) is 2.36. The zero-order valence-corrected chi connectivity index (χ0v) is 10.4. The van der Waals surface area contributed by atoms with Gasteiger partial charge in [-0.1, -0.05) is 19.0 Å². The smallest absolute Gasteiger partial charge is 0.249 e. The predicted octanol–water partition coefficient (Wildman–Crippen LogP) is 0.444. The Balaban J connectivity index is 2.41. The largest absolute Gasteiger partial charge is 0.409 e. The molecule has 0 aromatic rings. The quantitative estimate of drug-likeness (QED) is 0.289. The molecule has 1 aliphatic heterocycles. The van der Waals surface area contributed by atoms with Gasteiger partial charge in [0.25, 0.3) is 0 Å². The van der Waals surface area contributed by atoms with Crippen LogP contribution in [0.3, 0.4) is 0 Å². The van der Waals surface area contributed by atoms with E-state index in [-0.39, 0.29) is 17.8 Å². The van der Waals surface area contributed by atoms with Crippen molar-refractivity contribution >= 4 is 11.7 Å². The molecule has 1 fully saturated rings. The van der Waals surface area contributed by atoms with Gasteiger partial charge >= 0.3 is 0 Å². The highest BCUT2D eigenvalue weighted by molar-refractivity contribution is 5.87. The monoisotopic (exact) mass is 243 g/mol. The van der Waals surface area contributed by atoms with Crippen molar-refractivity contribution in [3.05, 3.63) is 0 Å².